The predicted molar refractivity (Wildman–Crippen MR) is 94.3 cm³/mol. The lowest BCUT2D eigenvalue weighted by Gasteiger charge is -2.31. The molecule has 0 bridgehead atoms. The minimum Gasteiger partial charge on any atom is -0.366 e. The fraction of sp³-hybridized carbons (Fsp3) is 0.211. The zero-order valence-electron chi connectivity index (χ0n) is 13.4. The molecule has 1 aliphatic rings. The van der Waals surface area contributed by atoms with Crippen molar-refractivity contribution in [2.75, 3.05) is 11.4 Å². The molecule has 0 unspecified atom stereocenters. The van der Waals surface area contributed by atoms with Crippen molar-refractivity contribution < 1.29 is 4.92 Å². The predicted octanol–water partition coefficient (Wildman–Crippen LogP) is 4.01. The van der Waals surface area contributed by atoms with E-state index >= 15 is 0 Å². The Balaban J connectivity index is 1.76. The average molecular weight is 319 g/mol. The molecule has 0 atom stereocenters. The number of para-hydroxylation sites is 1. The van der Waals surface area contributed by atoms with Crippen molar-refractivity contribution in [2.45, 2.75) is 19.9 Å². The van der Waals surface area contributed by atoms with Crippen LogP contribution in [0.3, 0.4) is 0 Å². The van der Waals surface area contributed by atoms with Gasteiger partial charge in [0.1, 0.15) is 0 Å². The first-order chi connectivity index (χ1) is 11.6. The molecule has 0 radical (unpaired) electrons. The van der Waals surface area contributed by atoms with E-state index in [0.29, 0.717) is 6.54 Å². The first kappa shape index (κ1) is 14.6. The molecule has 0 saturated heterocycles. The molecule has 5 heteroatoms. The molecule has 24 heavy (non-hydrogen) atoms. The Morgan fingerprint density at radius 1 is 1.17 bits per heavy atom. The van der Waals surface area contributed by atoms with E-state index in [1.54, 1.807) is 12.1 Å². The van der Waals surface area contributed by atoms with E-state index in [-0.39, 0.29) is 10.6 Å². The average Bonchev–Trinajstić information content (AvgIpc) is 2.60. The number of anilines is 1. The lowest BCUT2D eigenvalue weighted by Crippen LogP contribution is -2.30. The van der Waals surface area contributed by atoms with E-state index < -0.39 is 0 Å². The van der Waals surface area contributed by atoms with Gasteiger partial charge in [-0.15, -0.1) is 0 Å². The molecule has 5 nitrogen and oxygen atoms in total. The van der Waals surface area contributed by atoms with Crippen LogP contribution in [-0.2, 0) is 13.0 Å². The number of nitro benzene ring substituents is 1. The molecule has 0 amide bonds. The highest BCUT2D eigenvalue weighted by atomic mass is 16.6. The number of nitro groups is 1. The molecule has 3 aromatic rings. The van der Waals surface area contributed by atoms with Crippen LogP contribution < -0.4 is 4.90 Å². The molecule has 0 fully saturated rings. The first-order valence-corrected chi connectivity index (χ1v) is 7.99. The zero-order valence-corrected chi connectivity index (χ0v) is 13.4. The van der Waals surface area contributed by atoms with Gasteiger partial charge in [0.25, 0.3) is 5.69 Å². The van der Waals surface area contributed by atoms with Crippen LogP contribution in [0.2, 0.25) is 0 Å². The number of aromatic nitrogens is 1. The Morgan fingerprint density at radius 3 is 2.88 bits per heavy atom. The SMILES string of the molecule is Cc1cccc2c(N3CCc4ccc([N+](=O)[O-])cc4C3)ccnc12. The summed E-state index contributed by atoms with van der Waals surface area (Å²) in [6, 6.07) is 13.4. The van der Waals surface area contributed by atoms with Gasteiger partial charge in [-0.25, -0.2) is 0 Å². The number of aryl methyl sites for hydroxylation is 1. The largest absolute Gasteiger partial charge is 0.366 e. The van der Waals surface area contributed by atoms with Crippen LogP contribution in [-0.4, -0.2) is 16.5 Å². The van der Waals surface area contributed by atoms with Gasteiger partial charge in [-0.05, 0) is 36.1 Å². The molecule has 4 rings (SSSR count). The minimum absolute atomic E-state index is 0.158. The Bertz CT molecular complexity index is 952. The van der Waals surface area contributed by atoms with E-state index in [4.69, 9.17) is 0 Å². The molecular weight excluding hydrogens is 302 g/mol. The maximum atomic E-state index is 11.0. The fourth-order valence-electron chi connectivity index (χ4n) is 3.45. The highest BCUT2D eigenvalue weighted by Gasteiger charge is 2.20. The second-order valence-corrected chi connectivity index (χ2v) is 6.18. The number of hydrogen-bond acceptors (Lipinski definition) is 4. The lowest BCUT2D eigenvalue weighted by atomic mass is 9.98. The van der Waals surface area contributed by atoms with Crippen LogP contribution in [0.1, 0.15) is 16.7 Å². The Labute approximate surface area is 139 Å². The third kappa shape index (κ3) is 2.38. The van der Waals surface area contributed by atoms with Crippen molar-refractivity contribution in [3.63, 3.8) is 0 Å². The summed E-state index contributed by atoms with van der Waals surface area (Å²) in [4.78, 5) is 17.5. The monoisotopic (exact) mass is 319 g/mol. The van der Waals surface area contributed by atoms with Gasteiger partial charge in [0.2, 0.25) is 0 Å². The fourth-order valence-corrected chi connectivity index (χ4v) is 3.45. The summed E-state index contributed by atoms with van der Waals surface area (Å²) in [6.07, 6.45) is 2.73. The number of non-ortho nitro benzene ring substituents is 1. The van der Waals surface area contributed by atoms with E-state index in [2.05, 4.69) is 28.9 Å². The topological polar surface area (TPSA) is 59.3 Å². The van der Waals surface area contributed by atoms with Crippen molar-refractivity contribution in [2.24, 2.45) is 0 Å². The summed E-state index contributed by atoms with van der Waals surface area (Å²) < 4.78 is 0. The summed E-state index contributed by atoms with van der Waals surface area (Å²) in [5.41, 5.74) is 5.70. The second-order valence-electron chi connectivity index (χ2n) is 6.18. The van der Waals surface area contributed by atoms with E-state index in [1.165, 1.54) is 5.56 Å². The van der Waals surface area contributed by atoms with Gasteiger partial charge in [0.05, 0.1) is 10.4 Å². The third-order valence-electron chi connectivity index (χ3n) is 4.70. The van der Waals surface area contributed by atoms with Crippen LogP contribution in [0.4, 0.5) is 11.4 Å². The number of nitrogens with zero attached hydrogens (tertiary/aromatic N) is 3. The van der Waals surface area contributed by atoms with Gasteiger partial charge in [-0.2, -0.15) is 0 Å². The smallest absolute Gasteiger partial charge is 0.269 e. The van der Waals surface area contributed by atoms with Crippen LogP contribution in [0, 0.1) is 17.0 Å². The summed E-state index contributed by atoms with van der Waals surface area (Å²) in [5.74, 6) is 0. The van der Waals surface area contributed by atoms with Crippen molar-refractivity contribution in [3.05, 3.63) is 75.5 Å². The van der Waals surface area contributed by atoms with Crippen molar-refractivity contribution in [1.29, 1.82) is 0 Å². The van der Waals surface area contributed by atoms with Gasteiger partial charge < -0.3 is 4.90 Å². The molecule has 2 heterocycles. The van der Waals surface area contributed by atoms with E-state index in [1.807, 2.05) is 24.4 Å². The molecule has 2 aromatic carbocycles. The van der Waals surface area contributed by atoms with Crippen LogP contribution in [0.25, 0.3) is 10.9 Å². The van der Waals surface area contributed by atoms with Gasteiger partial charge in [-0.1, -0.05) is 24.3 Å². The van der Waals surface area contributed by atoms with Gasteiger partial charge >= 0.3 is 0 Å². The number of benzene rings is 2. The molecule has 1 aliphatic heterocycles. The second kappa shape index (κ2) is 5.60. The molecule has 1 aromatic heterocycles. The summed E-state index contributed by atoms with van der Waals surface area (Å²) in [5, 5.41) is 12.2. The highest BCUT2D eigenvalue weighted by Crippen LogP contribution is 2.32. The summed E-state index contributed by atoms with van der Waals surface area (Å²) >= 11 is 0. The maximum absolute atomic E-state index is 11.0. The molecule has 0 saturated carbocycles. The van der Waals surface area contributed by atoms with Gasteiger partial charge in [0, 0.05) is 42.5 Å². The molecular formula is C19H17N3O2. The number of fused-ring (bicyclic) bond motifs is 2. The Morgan fingerprint density at radius 2 is 2.04 bits per heavy atom. The number of rotatable bonds is 2. The van der Waals surface area contributed by atoms with Crippen molar-refractivity contribution in [3.8, 4) is 0 Å². The standard InChI is InChI=1S/C19H17N3O2/c1-13-3-2-4-17-18(7-9-20-19(13)17)21-10-8-14-5-6-16(22(23)24)11-15(14)12-21/h2-7,9,11H,8,10,12H2,1H3. The van der Waals surface area contributed by atoms with Crippen LogP contribution >= 0.6 is 0 Å². The Hall–Kier alpha value is -2.95. The van der Waals surface area contributed by atoms with E-state index in [0.717, 1.165) is 40.7 Å². The molecule has 0 spiro atoms. The first-order valence-electron chi connectivity index (χ1n) is 7.99. The van der Waals surface area contributed by atoms with Crippen LogP contribution in [0.5, 0.6) is 0 Å². The summed E-state index contributed by atoms with van der Waals surface area (Å²) in [6.45, 7) is 3.65. The Kier molecular flexibility index (Phi) is 3.41. The molecule has 0 N–H and O–H groups in total. The lowest BCUT2D eigenvalue weighted by molar-refractivity contribution is -0.384. The third-order valence-corrected chi connectivity index (χ3v) is 4.70. The summed E-state index contributed by atoms with van der Waals surface area (Å²) in [7, 11) is 0. The molecule has 0 aliphatic carbocycles. The van der Waals surface area contributed by atoms with Crippen molar-refractivity contribution >= 4 is 22.3 Å². The van der Waals surface area contributed by atoms with E-state index in [9.17, 15) is 10.1 Å². The zero-order chi connectivity index (χ0) is 16.7. The number of hydrogen-bond donors (Lipinski definition) is 0. The normalized spacial score (nSPS) is 13.8. The maximum Gasteiger partial charge on any atom is 0.269 e. The quantitative estimate of drug-likeness (QED) is 0.529. The minimum atomic E-state index is -0.329. The van der Waals surface area contributed by atoms with Crippen LogP contribution in [0.15, 0.2) is 48.7 Å². The number of pyridine rings is 1. The van der Waals surface area contributed by atoms with Gasteiger partial charge in [-0.3, -0.25) is 15.1 Å². The van der Waals surface area contributed by atoms with Gasteiger partial charge in [0.15, 0.2) is 0 Å². The molecule has 120 valence electrons. The highest BCUT2D eigenvalue weighted by molar-refractivity contribution is 5.93. The van der Waals surface area contributed by atoms with Crippen molar-refractivity contribution in [1.82, 2.24) is 4.98 Å².